The van der Waals surface area contributed by atoms with Crippen LogP contribution in [-0.2, 0) is 11.0 Å². The molecule has 2 heteroatoms. The molecule has 0 saturated heterocycles. The number of benzene rings is 2. The van der Waals surface area contributed by atoms with Crippen LogP contribution in [0.3, 0.4) is 0 Å². The van der Waals surface area contributed by atoms with Crippen LogP contribution in [0, 0.1) is 20.8 Å². The van der Waals surface area contributed by atoms with Gasteiger partial charge in [0.1, 0.15) is 0 Å². The van der Waals surface area contributed by atoms with Crippen LogP contribution >= 0.6 is 7.80 Å². The Labute approximate surface area is 161 Å². The molecule has 1 atom stereocenters. The lowest BCUT2D eigenvalue weighted by atomic mass is 9.95. The van der Waals surface area contributed by atoms with E-state index in [1.807, 2.05) is 30.3 Å². The van der Waals surface area contributed by atoms with Crippen LogP contribution in [0.2, 0.25) is 0 Å². The van der Waals surface area contributed by atoms with Crippen LogP contribution in [0.15, 0.2) is 42.5 Å². The first-order chi connectivity index (χ1) is 12.6. The van der Waals surface area contributed by atoms with E-state index >= 15 is 0 Å². The van der Waals surface area contributed by atoms with Crippen LogP contribution < -0.4 is 5.30 Å². The van der Waals surface area contributed by atoms with E-state index in [4.69, 9.17) is 0 Å². The minimum absolute atomic E-state index is 0.839. The molecule has 0 heterocycles. The molecule has 1 unspecified atom stereocenters. The summed E-state index contributed by atoms with van der Waals surface area (Å²) in [5.74, 6) is 0. The summed E-state index contributed by atoms with van der Waals surface area (Å²) in [5, 5.41) is 1.00. The molecule has 0 amide bonds. The lowest BCUT2D eigenvalue weighted by molar-refractivity contribution is 0.577. The summed E-state index contributed by atoms with van der Waals surface area (Å²) < 4.78 is 12.2. The highest BCUT2D eigenvalue weighted by atomic mass is 31.1. The summed E-state index contributed by atoms with van der Waals surface area (Å²) in [6.45, 7) is 6.67. The molecular formula is C24H34OP+. The summed E-state index contributed by atoms with van der Waals surface area (Å²) in [6, 6.07) is 14.5. The van der Waals surface area contributed by atoms with Gasteiger partial charge in [-0.1, -0.05) is 66.1 Å². The van der Waals surface area contributed by atoms with E-state index in [1.54, 1.807) is 5.56 Å². The van der Waals surface area contributed by atoms with Crippen LogP contribution in [0.25, 0.3) is 0 Å². The van der Waals surface area contributed by atoms with E-state index in [-0.39, 0.29) is 0 Å². The second kappa shape index (κ2) is 11.3. The van der Waals surface area contributed by atoms with Crippen molar-refractivity contribution >= 4 is 13.1 Å². The fourth-order valence-corrected chi connectivity index (χ4v) is 5.04. The minimum Gasteiger partial charge on any atom is -0.0681 e. The number of rotatable bonds is 11. The molecule has 0 aliphatic rings. The predicted molar refractivity (Wildman–Crippen MR) is 115 cm³/mol. The zero-order chi connectivity index (χ0) is 18.8. The molecule has 140 valence electrons. The highest BCUT2D eigenvalue weighted by Gasteiger charge is 2.17. The maximum Gasteiger partial charge on any atom is 0.376 e. The number of aryl methyl sites for hydroxylation is 3. The van der Waals surface area contributed by atoms with Crippen molar-refractivity contribution < 1.29 is 4.57 Å². The largest absolute Gasteiger partial charge is 0.376 e. The SMILES string of the molecule is Cc1cc(C)c(CCCCCCCCC[P+](=O)c2ccccc2)c(C)c1. The minimum atomic E-state index is -1.19. The first kappa shape index (κ1) is 20.8. The van der Waals surface area contributed by atoms with Crippen molar-refractivity contribution in [3.8, 4) is 0 Å². The van der Waals surface area contributed by atoms with Gasteiger partial charge in [0.2, 0.25) is 0 Å². The van der Waals surface area contributed by atoms with Crippen molar-refractivity contribution in [2.75, 3.05) is 6.16 Å². The predicted octanol–water partition coefficient (Wildman–Crippen LogP) is 7.04. The van der Waals surface area contributed by atoms with Gasteiger partial charge in [0, 0.05) is 0 Å². The Balaban J connectivity index is 1.52. The zero-order valence-corrected chi connectivity index (χ0v) is 17.7. The van der Waals surface area contributed by atoms with Crippen molar-refractivity contribution in [3.05, 3.63) is 64.7 Å². The molecule has 2 aromatic rings. The van der Waals surface area contributed by atoms with Gasteiger partial charge in [-0.15, -0.1) is 0 Å². The maximum atomic E-state index is 12.2. The summed E-state index contributed by atoms with van der Waals surface area (Å²) >= 11 is 0. The molecule has 1 nitrogen and oxygen atoms in total. The van der Waals surface area contributed by atoms with Gasteiger partial charge in [0.05, 0.1) is 0 Å². The standard InChI is InChI=1S/C24H34OP/c1-20-18-21(2)24(22(3)19-20)16-12-7-5-4-6-8-13-17-26(25)23-14-10-9-11-15-23/h9-11,14-15,18-19H,4-8,12-13,16-17H2,1-3H3/q+1. The van der Waals surface area contributed by atoms with Crippen LogP contribution in [-0.4, -0.2) is 6.16 Å². The Kier molecular flexibility index (Phi) is 9.06. The van der Waals surface area contributed by atoms with E-state index in [0.717, 1.165) is 17.9 Å². The molecule has 0 aliphatic heterocycles. The first-order valence-corrected chi connectivity index (χ1v) is 11.6. The first-order valence-electron chi connectivity index (χ1n) is 10.1. The van der Waals surface area contributed by atoms with Crippen LogP contribution in [0.4, 0.5) is 0 Å². The summed E-state index contributed by atoms with van der Waals surface area (Å²) in [5.41, 5.74) is 5.84. The third kappa shape index (κ3) is 7.04. The molecule has 0 N–H and O–H groups in total. The van der Waals surface area contributed by atoms with Crippen molar-refractivity contribution in [2.24, 2.45) is 0 Å². The summed E-state index contributed by atoms with van der Waals surface area (Å²) in [6.07, 6.45) is 10.9. The molecule has 0 aromatic heterocycles. The van der Waals surface area contributed by atoms with E-state index in [9.17, 15) is 4.57 Å². The van der Waals surface area contributed by atoms with Gasteiger partial charge >= 0.3 is 7.80 Å². The van der Waals surface area contributed by atoms with Gasteiger partial charge in [0.15, 0.2) is 11.5 Å². The highest BCUT2D eigenvalue weighted by molar-refractivity contribution is 7.53. The van der Waals surface area contributed by atoms with E-state index < -0.39 is 7.80 Å². The Bertz CT molecular complexity index is 668. The lowest BCUT2D eigenvalue weighted by Crippen LogP contribution is -1.97. The van der Waals surface area contributed by atoms with Crippen molar-refractivity contribution in [3.63, 3.8) is 0 Å². The molecule has 0 fully saturated rings. The molecular weight excluding hydrogens is 335 g/mol. The average molecular weight is 370 g/mol. The van der Waals surface area contributed by atoms with Gasteiger partial charge in [-0.3, -0.25) is 0 Å². The summed E-state index contributed by atoms with van der Waals surface area (Å²) in [7, 11) is -1.19. The fourth-order valence-electron chi connectivity index (χ4n) is 3.77. The molecule has 2 aromatic carbocycles. The second-order valence-electron chi connectivity index (χ2n) is 7.54. The van der Waals surface area contributed by atoms with E-state index in [0.29, 0.717) is 0 Å². The van der Waals surface area contributed by atoms with Gasteiger partial charge in [-0.25, -0.2) is 0 Å². The number of hydrogen-bond donors (Lipinski definition) is 0. The van der Waals surface area contributed by atoms with Crippen molar-refractivity contribution in [2.45, 2.75) is 72.1 Å². The Morgan fingerprint density at radius 3 is 1.88 bits per heavy atom. The molecule has 0 bridgehead atoms. The van der Waals surface area contributed by atoms with Gasteiger partial charge in [-0.2, -0.15) is 0 Å². The Hall–Kier alpha value is -1.46. The molecule has 0 spiro atoms. The lowest BCUT2D eigenvalue weighted by Gasteiger charge is -2.11. The highest BCUT2D eigenvalue weighted by Crippen LogP contribution is 2.23. The fraction of sp³-hybridized carbons (Fsp3) is 0.500. The third-order valence-electron chi connectivity index (χ3n) is 5.17. The zero-order valence-electron chi connectivity index (χ0n) is 16.8. The maximum absolute atomic E-state index is 12.2. The van der Waals surface area contributed by atoms with E-state index in [2.05, 4.69) is 32.9 Å². The van der Waals surface area contributed by atoms with Crippen LogP contribution in [0.1, 0.15) is 67.2 Å². The van der Waals surface area contributed by atoms with Gasteiger partial charge < -0.3 is 0 Å². The molecule has 0 radical (unpaired) electrons. The van der Waals surface area contributed by atoms with Crippen molar-refractivity contribution in [1.82, 2.24) is 0 Å². The quantitative estimate of drug-likeness (QED) is 0.307. The molecule has 0 aliphatic carbocycles. The molecule has 2 rings (SSSR count). The Morgan fingerprint density at radius 1 is 0.731 bits per heavy atom. The molecule has 26 heavy (non-hydrogen) atoms. The normalized spacial score (nSPS) is 11.6. The smallest absolute Gasteiger partial charge is 0.0681 e. The van der Waals surface area contributed by atoms with Gasteiger partial charge in [-0.05, 0) is 75.3 Å². The van der Waals surface area contributed by atoms with E-state index in [1.165, 1.54) is 61.6 Å². The second-order valence-corrected chi connectivity index (χ2v) is 9.26. The number of unbranched alkanes of at least 4 members (excludes halogenated alkanes) is 6. The number of hydrogen-bond acceptors (Lipinski definition) is 1. The Morgan fingerprint density at radius 2 is 1.27 bits per heavy atom. The average Bonchev–Trinajstić information content (AvgIpc) is 2.62. The summed E-state index contributed by atoms with van der Waals surface area (Å²) in [4.78, 5) is 0. The third-order valence-corrected chi connectivity index (χ3v) is 6.77. The van der Waals surface area contributed by atoms with Gasteiger partial charge in [0.25, 0.3) is 0 Å². The van der Waals surface area contributed by atoms with Crippen LogP contribution in [0.5, 0.6) is 0 Å². The monoisotopic (exact) mass is 369 g/mol. The topological polar surface area (TPSA) is 17.1 Å². The molecule has 0 saturated carbocycles. The van der Waals surface area contributed by atoms with Crippen molar-refractivity contribution in [1.29, 1.82) is 0 Å².